The van der Waals surface area contributed by atoms with Crippen LogP contribution in [0.15, 0.2) is 24.3 Å². The summed E-state index contributed by atoms with van der Waals surface area (Å²) < 4.78 is 0. The van der Waals surface area contributed by atoms with E-state index in [9.17, 15) is 4.79 Å². The van der Waals surface area contributed by atoms with Crippen LogP contribution in [0.5, 0.6) is 0 Å². The van der Waals surface area contributed by atoms with E-state index in [1.807, 2.05) is 24.3 Å². The second kappa shape index (κ2) is 4.75. The topological polar surface area (TPSA) is 20.3 Å². The van der Waals surface area contributed by atoms with Gasteiger partial charge in [-0.15, -0.1) is 0 Å². The third-order valence-electron chi connectivity index (χ3n) is 4.56. The van der Waals surface area contributed by atoms with Crippen molar-refractivity contribution in [3.05, 3.63) is 35.4 Å². The van der Waals surface area contributed by atoms with E-state index in [2.05, 4.69) is 11.8 Å². The Labute approximate surface area is 109 Å². The van der Waals surface area contributed by atoms with Crippen molar-refractivity contribution in [1.29, 1.82) is 0 Å². The summed E-state index contributed by atoms with van der Waals surface area (Å²) in [6.07, 6.45) is 5.35. The van der Waals surface area contributed by atoms with Crippen LogP contribution in [0.1, 0.15) is 41.6 Å². The molecule has 1 aromatic carbocycles. The number of likely N-dealkylation sites (tertiary alicyclic amines) is 1. The molecule has 2 nitrogen and oxygen atoms in total. The van der Waals surface area contributed by atoms with Crippen LogP contribution in [0.25, 0.3) is 0 Å². The van der Waals surface area contributed by atoms with Gasteiger partial charge in [0.05, 0.1) is 0 Å². The maximum absolute atomic E-state index is 12.4. The average Bonchev–Trinajstić information content (AvgIpc) is 2.82. The molecule has 1 saturated carbocycles. The average molecular weight is 243 g/mol. The van der Waals surface area contributed by atoms with Crippen LogP contribution in [-0.4, -0.2) is 23.9 Å². The summed E-state index contributed by atoms with van der Waals surface area (Å²) in [7, 11) is 0. The van der Waals surface area contributed by atoms with Crippen LogP contribution >= 0.6 is 0 Å². The van der Waals surface area contributed by atoms with E-state index < -0.39 is 0 Å². The molecule has 96 valence electrons. The Morgan fingerprint density at radius 2 is 1.61 bits per heavy atom. The molecule has 0 radical (unpaired) electrons. The number of amides is 1. The van der Waals surface area contributed by atoms with Crippen LogP contribution in [0.3, 0.4) is 0 Å². The van der Waals surface area contributed by atoms with Gasteiger partial charge in [0.15, 0.2) is 0 Å². The van der Waals surface area contributed by atoms with E-state index in [0.717, 1.165) is 30.5 Å². The number of rotatable bonds is 1. The molecule has 0 aromatic heterocycles. The summed E-state index contributed by atoms with van der Waals surface area (Å²) in [6, 6.07) is 7.96. The highest BCUT2D eigenvalue weighted by Gasteiger charge is 2.36. The van der Waals surface area contributed by atoms with E-state index in [-0.39, 0.29) is 5.91 Å². The summed E-state index contributed by atoms with van der Waals surface area (Å²) in [6.45, 7) is 4.02. The lowest BCUT2D eigenvalue weighted by Crippen LogP contribution is -2.28. The Bertz CT molecular complexity index is 423. The van der Waals surface area contributed by atoms with Gasteiger partial charge >= 0.3 is 0 Å². The standard InChI is InChI=1S/C16H21NO/c1-12-6-8-13(9-7-12)16(18)17-10-14-4-2-3-5-15(14)11-17/h6-9,14-15H,2-5,10-11H2,1H3/t14-,15+. The third-order valence-corrected chi connectivity index (χ3v) is 4.56. The minimum Gasteiger partial charge on any atom is -0.338 e. The van der Waals surface area contributed by atoms with Gasteiger partial charge in [-0.2, -0.15) is 0 Å². The molecular weight excluding hydrogens is 222 g/mol. The van der Waals surface area contributed by atoms with E-state index in [4.69, 9.17) is 0 Å². The Morgan fingerprint density at radius 1 is 1.06 bits per heavy atom. The quantitative estimate of drug-likeness (QED) is 0.741. The summed E-state index contributed by atoms with van der Waals surface area (Å²) >= 11 is 0. The fraction of sp³-hybridized carbons (Fsp3) is 0.562. The number of nitrogens with zero attached hydrogens (tertiary/aromatic N) is 1. The number of fused-ring (bicyclic) bond motifs is 1. The van der Waals surface area contributed by atoms with Gasteiger partial charge in [-0.05, 0) is 43.7 Å². The summed E-state index contributed by atoms with van der Waals surface area (Å²) in [5.74, 6) is 1.77. The number of benzene rings is 1. The van der Waals surface area contributed by atoms with Crippen molar-refractivity contribution in [3.8, 4) is 0 Å². The second-order valence-electron chi connectivity index (χ2n) is 5.88. The van der Waals surface area contributed by atoms with Gasteiger partial charge in [-0.1, -0.05) is 30.5 Å². The molecule has 1 aliphatic heterocycles. The molecule has 2 fully saturated rings. The molecule has 1 amide bonds. The number of carbonyl (C=O) groups excluding carboxylic acids is 1. The van der Waals surface area contributed by atoms with Gasteiger partial charge < -0.3 is 4.90 Å². The molecule has 3 rings (SSSR count). The highest BCUT2D eigenvalue weighted by Crippen LogP contribution is 2.36. The molecule has 2 heteroatoms. The maximum atomic E-state index is 12.4. The van der Waals surface area contributed by atoms with E-state index in [1.165, 1.54) is 31.2 Å². The van der Waals surface area contributed by atoms with E-state index in [1.54, 1.807) is 0 Å². The van der Waals surface area contributed by atoms with Gasteiger partial charge in [0.2, 0.25) is 0 Å². The first-order valence-corrected chi connectivity index (χ1v) is 7.10. The number of hydrogen-bond acceptors (Lipinski definition) is 1. The number of carbonyl (C=O) groups is 1. The predicted octanol–water partition coefficient (Wildman–Crippen LogP) is 3.26. The molecule has 0 N–H and O–H groups in total. The first kappa shape index (κ1) is 11.8. The predicted molar refractivity (Wildman–Crippen MR) is 72.5 cm³/mol. The van der Waals surface area contributed by atoms with Crippen LogP contribution < -0.4 is 0 Å². The van der Waals surface area contributed by atoms with Crippen molar-refractivity contribution in [2.24, 2.45) is 11.8 Å². The zero-order chi connectivity index (χ0) is 12.5. The Kier molecular flexibility index (Phi) is 3.11. The summed E-state index contributed by atoms with van der Waals surface area (Å²) in [5.41, 5.74) is 2.06. The van der Waals surface area contributed by atoms with Crippen LogP contribution in [0.2, 0.25) is 0 Å². The largest absolute Gasteiger partial charge is 0.338 e. The fourth-order valence-electron chi connectivity index (χ4n) is 3.45. The molecular formula is C16H21NO. The molecule has 1 heterocycles. The van der Waals surface area contributed by atoms with Gasteiger partial charge in [0.1, 0.15) is 0 Å². The maximum Gasteiger partial charge on any atom is 0.253 e. The SMILES string of the molecule is Cc1ccc(C(=O)N2C[C@H]3CCCC[C@H]3C2)cc1. The minimum absolute atomic E-state index is 0.226. The van der Waals surface area contributed by atoms with Crippen molar-refractivity contribution in [2.45, 2.75) is 32.6 Å². The first-order chi connectivity index (χ1) is 8.74. The molecule has 0 unspecified atom stereocenters. The fourth-order valence-corrected chi connectivity index (χ4v) is 3.45. The number of aryl methyl sites for hydroxylation is 1. The highest BCUT2D eigenvalue weighted by atomic mass is 16.2. The normalized spacial score (nSPS) is 27.1. The number of hydrogen-bond donors (Lipinski definition) is 0. The minimum atomic E-state index is 0.226. The van der Waals surface area contributed by atoms with Crippen LogP contribution in [0, 0.1) is 18.8 Å². The Balaban J connectivity index is 1.72. The third kappa shape index (κ3) is 2.16. The lowest BCUT2D eigenvalue weighted by Gasteiger charge is -2.22. The molecule has 0 bridgehead atoms. The molecule has 0 spiro atoms. The molecule has 1 aliphatic carbocycles. The van der Waals surface area contributed by atoms with Gasteiger partial charge in [-0.25, -0.2) is 0 Å². The summed E-state index contributed by atoms with van der Waals surface area (Å²) in [4.78, 5) is 14.5. The zero-order valence-electron chi connectivity index (χ0n) is 11.1. The molecule has 18 heavy (non-hydrogen) atoms. The van der Waals surface area contributed by atoms with Crippen molar-refractivity contribution < 1.29 is 4.79 Å². The smallest absolute Gasteiger partial charge is 0.253 e. The second-order valence-corrected chi connectivity index (χ2v) is 5.88. The lowest BCUT2D eigenvalue weighted by atomic mass is 9.82. The summed E-state index contributed by atoms with van der Waals surface area (Å²) in [5, 5.41) is 0. The van der Waals surface area contributed by atoms with E-state index >= 15 is 0 Å². The lowest BCUT2D eigenvalue weighted by molar-refractivity contribution is 0.0784. The molecule has 1 saturated heterocycles. The van der Waals surface area contributed by atoms with Crippen molar-refractivity contribution in [1.82, 2.24) is 4.90 Å². The highest BCUT2D eigenvalue weighted by molar-refractivity contribution is 5.94. The van der Waals surface area contributed by atoms with E-state index in [0.29, 0.717) is 0 Å². The van der Waals surface area contributed by atoms with Gasteiger partial charge in [-0.3, -0.25) is 4.79 Å². The zero-order valence-corrected chi connectivity index (χ0v) is 11.1. The Hall–Kier alpha value is -1.31. The van der Waals surface area contributed by atoms with Crippen LogP contribution in [0.4, 0.5) is 0 Å². The monoisotopic (exact) mass is 243 g/mol. The van der Waals surface area contributed by atoms with Crippen LogP contribution in [-0.2, 0) is 0 Å². The van der Waals surface area contributed by atoms with Gasteiger partial charge in [0.25, 0.3) is 5.91 Å². The first-order valence-electron chi connectivity index (χ1n) is 7.10. The molecule has 2 aliphatic rings. The van der Waals surface area contributed by atoms with Crippen molar-refractivity contribution >= 4 is 5.91 Å². The molecule has 1 aromatic rings. The van der Waals surface area contributed by atoms with Crippen molar-refractivity contribution in [2.75, 3.05) is 13.1 Å². The molecule has 2 atom stereocenters. The Morgan fingerprint density at radius 3 is 2.17 bits per heavy atom. The van der Waals surface area contributed by atoms with Gasteiger partial charge in [0, 0.05) is 18.7 Å². The van der Waals surface area contributed by atoms with Crippen molar-refractivity contribution in [3.63, 3.8) is 0 Å².